The standard InChI is InChI=1S/C35H29N5O9S2.2Na/c1-19-8-13-27(20(2)14-19)37-39-32-30(50(43,44)45)17-21-15-23(9-11-25(21)34(32)41)36-24-10-12-26-22(16-24)18-31(51(46,47)48)33(35(26)42)40-38-28-6-4-5-7-29(28)49-3;;/h4-18,36,41-42H,1-3H3,(H,43,44,45)(H,46,47,48);;. The molecular formula is C35H29N5Na2O9S2. The van der Waals surface area contributed by atoms with Crippen LogP contribution in [-0.2, 0) is 20.2 Å². The molecule has 0 heterocycles. The maximum absolute atomic E-state index is 12.4. The summed E-state index contributed by atoms with van der Waals surface area (Å²) in [4.78, 5) is -1.34. The Balaban J connectivity index is 0.00000314. The molecule has 0 spiro atoms. The first kappa shape index (κ1) is 41.8. The van der Waals surface area contributed by atoms with Crippen molar-refractivity contribution in [3.63, 3.8) is 0 Å². The first-order chi connectivity index (χ1) is 24.1. The molecule has 262 valence electrons. The molecule has 6 aromatic carbocycles. The summed E-state index contributed by atoms with van der Waals surface area (Å²) in [6.07, 6.45) is 0. The van der Waals surface area contributed by atoms with Gasteiger partial charge in [0, 0.05) is 81.3 Å². The van der Waals surface area contributed by atoms with Crippen molar-refractivity contribution in [2.24, 2.45) is 20.5 Å². The number of hydrogen-bond donors (Lipinski definition) is 5. The van der Waals surface area contributed by atoms with E-state index >= 15 is 0 Å². The number of nitrogens with zero attached hydrogens (tertiary/aromatic N) is 4. The fourth-order valence-corrected chi connectivity index (χ4v) is 6.77. The molecule has 6 rings (SSSR count). The monoisotopic (exact) mass is 773 g/mol. The largest absolute Gasteiger partial charge is 0.505 e. The molecule has 0 fully saturated rings. The van der Waals surface area contributed by atoms with Crippen LogP contribution in [0.3, 0.4) is 0 Å². The van der Waals surface area contributed by atoms with Gasteiger partial charge in [-0.05, 0) is 96.9 Å². The van der Waals surface area contributed by atoms with Gasteiger partial charge in [0.05, 0.1) is 12.8 Å². The second-order valence-electron chi connectivity index (χ2n) is 11.5. The van der Waals surface area contributed by atoms with E-state index in [0.717, 1.165) is 23.3 Å². The third-order valence-electron chi connectivity index (χ3n) is 7.90. The number of aryl methyl sites for hydroxylation is 2. The summed E-state index contributed by atoms with van der Waals surface area (Å²) < 4.78 is 74.8. The Morgan fingerprint density at radius 1 is 0.604 bits per heavy atom. The predicted octanol–water partition coefficient (Wildman–Crippen LogP) is 8.34. The number of aromatic hydroxyl groups is 2. The zero-order chi connectivity index (χ0) is 36.7. The number of hydrogen-bond acceptors (Lipinski definition) is 12. The minimum Gasteiger partial charge on any atom is -0.505 e. The normalized spacial score (nSPS) is 11.9. The summed E-state index contributed by atoms with van der Waals surface area (Å²) in [5, 5.41) is 42.2. The SMILES string of the molecule is COc1ccccc1N=Nc1c(S(=O)(=O)O)cc2cc(Nc3ccc4c(O)c(N=Nc5ccc(C)cc5C)c(S(=O)(=O)O)cc4c3)ccc2c1O.[Na].[Na]. The van der Waals surface area contributed by atoms with Crippen LogP contribution in [0, 0.1) is 13.8 Å². The molecule has 0 aromatic heterocycles. The topological polar surface area (TPSA) is 220 Å². The number of nitrogens with one attached hydrogen (secondary N) is 1. The summed E-state index contributed by atoms with van der Waals surface area (Å²) in [7, 11) is -8.32. The molecule has 0 aliphatic heterocycles. The number of anilines is 2. The van der Waals surface area contributed by atoms with Crippen molar-refractivity contribution in [3.8, 4) is 17.2 Å². The second kappa shape index (κ2) is 16.6. The molecule has 0 saturated carbocycles. The third kappa shape index (κ3) is 9.06. The minimum absolute atomic E-state index is 0. The molecule has 14 nitrogen and oxygen atoms in total. The zero-order valence-electron chi connectivity index (χ0n) is 29.1. The van der Waals surface area contributed by atoms with E-state index in [0.29, 0.717) is 22.8 Å². The number of fused-ring (bicyclic) bond motifs is 2. The Bertz CT molecular complexity index is 2670. The molecular weight excluding hydrogens is 745 g/mol. The van der Waals surface area contributed by atoms with Gasteiger partial charge < -0.3 is 20.3 Å². The van der Waals surface area contributed by atoms with Gasteiger partial charge in [0.25, 0.3) is 20.2 Å². The molecule has 0 atom stereocenters. The van der Waals surface area contributed by atoms with Crippen LogP contribution in [0.5, 0.6) is 17.2 Å². The van der Waals surface area contributed by atoms with Crippen LogP contribution in [0.2, 0.25) is 0 Å². The van der Waals surface area contributed by atoms with Crippen LogP contribution in [0.4, 0.5) is 34.1 Å². The third-order valence-corrected chi connectivity index (χ3v) is 9.63. The van der Waals surface area contributed by atoms with Crippen molar-refractivity contribution in [1.29, 1.82) is 0 Å². The number of para-hydroxylation sites is 1. The Morgan fingerprint density at radius 3 is 1.57 bits per heavy atom. The van der Waals surface area contributed by atoms with Gasteiger partial charge in [-0.3, -0.25) is 9.11 Å². The van der Waals surface area contributed by atoms with Gasteiger partial charge in [0.2, 0.25) is 0 Å². The number of phenols is 2. The molecule has 53 heavy (non-hydrogen) atoms. The molecule has 0 aliphatic carbocycles. The molecule has 6 aromatic rings. The molecule has 2 radical (unpaired) electrons. The van der Waals surface area contributed by atoms with Crippen LogP contribution in [0.15, 0.2) is 121 Å². The number of phenolic OH excluding ortho intramolecular Hbond substituents is 2. The van der Waals surface area contributed by atoms with E-state index in [1.807, 2.05) is 13.0 Å². The predicted molar refractivity (Wildman–Crippen MR) is 203 cm³/mol. The minimum atomic E-state index is -4.88. The van der Waals surface area contributed by atoms with Gasteiger partial charge >= 0.3 is 0 Å². The summed E-state index contributed by atoms with van der Waals surface area (Å²) in [5.74, 6) is -0.713. The first-order valence-electron chi connectivity index (χ1n) is 15.0. The van der Waals surface area contributed by atoms with Gasteiger partial charge in [-0.2, -0.15) is 21.9 Å². The van der Waals surface area contributed by atoms with E-state index in [1.165, 1.54) is 31.4 Å². The van der Waals surface area contributed by atoms with Crippen molar-refractivity contribution in [2.75, 3.05) is 12.4 Å². The quantitative estimate of drug-likeness (QED) is 0.0537. The smallest absolute Gasteiger partial charge is 0.296 e. The van der Waals surface area contributed by atoms with Crippen LogP contribution >= 0.6 is 0 Å². The van der Waals surface area contributed by atoms with Crippen molar-refractivity contribution in [3.05, 3.63) is 102 Å². The van der Waals surface area contributed by atoms with E-state index in [9.17, 15) is 36.2 Å². The van der Waals surface area contributed by atoms with Gasteiger partial charge in [-0.15, -0.1) is 15.3 Å². The zero-order valence-corrected chi connectivity index (χ0v) is 34.7. The van der Waals surface area contributed by atoms with Crippen molar-refractivity contribution in [2.45, 2.75) is 23.6 Å². The second-order valence-corrected chi connectivity index (χ2v) is 14.2. The Hall–Kier alpha value is -3.94. The molecule has 0 unspecified atom stereocenters. The average Bonchev–Trinajstić information content (AvgIpc) is 3.07. The van der Waals surface area contributed by atoms with Gasteiger partial charge in [-0.1, -0.05) is 29.8 Å². The summed E-state index contributed by atoms with van der Waals surface area (Å²) in [5.41, 5.74) is 2.37. The maximum atomic E-state index is 12.4. The number of rotatable bonds is 9. The molecule has 5 N–H and O–H groups in total. The van der Waals surface area contributed by atoms with E-state index < -0.39 is 52.9 Å². The summed E-state index contributed by atoms with van der Waals surface area (Å²) in [6, 6.07) is 23.4. The maximum Gasteiger partial charge on any atom is 0.296 e. The molecule has 0 amide bonds. The van der Waals surface area contributed by atoms with E-state index in [-0.39, 0.29) is 86.3 Å². The molecule has 0 aliphatic rings. The summed E-state index contributed by atoms with van der Waals surface area (Å²) in [6.45, 7) is 3.71. The van der Waals surface area contributed by atoms with Crippen molar-refractivity contribution < 1.29 is 40.9 Å². The van der Waals surface area contributed by atoms with Crippen LogP contribution in [0.25, 0.3) is 21.5 Å². The average molecular weight is 774 g/mol. The van der Waals surface area contributed by atoms with Gasteiger partial charge in [-0.25, -0.2) is 0 Å². The molecule has 0 bridgehead atoms. The number of benzene rings is 6. The number of methoxy groups -OCH3 is 1. The molecule has 0 saturated heterocycles. The Labute approximate surface area is 348 Å². The van der Waals surface area contributed by atoms with Gasteiger partial charge in [0.15, 0.2) is 11.5 Å². The van der Waals surface area contributed by atoms with Crippen LogP contribution < -0.4 is 10.1 Å². The summed E-state index contributed by atoms with van der Waals surface area (Å²) >= 11 is 0. The van der Waals surface area contributed by atoms with Crippen LogP contribution in [0.1, 0.15) is 11.1 Å². The number of ether oxygens (including phenoxy) is 1. The van der Waals surface area contributed by atoms with E-state index in [2.05, 4.69) is 25.8 Å². The Morgan fingerprint density at radius 2 is 1.09 bits per heavy atom. The van der Waals surface area contributed by atoms with Crippen molar-refractivity contribution >= 4 is 135 Å². The van der Waals surface area contributed by atoms with E-state index in [4.69, 9.17) is 4.74 Å². The van der Waals surface area contributed by atoms with Gasteiger partial charge in [0.1, 0.15) is 32.6 Å². The Kier molecular flexibility index (Phi) is 13.1. The fraction of sp³-hybridized carbons (Fsp3) is 0.0857. The van der Waals surface area contributed by atoms with Crippen molar-refractivity contribution in [1.82, 2.24) is 0 Å². The number of azo groups is 2. The first-order valence-corrected chi connectivity index (χ1v) is 17.9. The molecule has 18 heteroatoms. The van der Waals surface area contributed by atoms with Crippen LogP contribution in [-0.4, -0.2) is 102 Å². The fourth-order valence-electron chi connectivity index (χ4n) is 5.45. The van der Waals surface area contributed by atoms with E-state index in [1.54, 1.807) is 55.5 Å².